The number of hydrogen-bond donors (Lipinski definition) is 1. The molecule has 0 aliphatic carbocycles. The third-order valence-corrected chi connectivity index (χ3v) is 9.85. The zero-order valence-corrected chi connectivity index (χ0v) is 29.3. The first-order chi connectivity index (χ1) is 23.2. The molecule has 3 aromatic carbocycles. The second kappa shape index (κ2) is 15.0. The minimum atomic E-state index is -3.55. The Hall–Kier alpha value is -4.39. The van der Waals surface area contributed by atoms with E-state index in [4.69, 9.17) is 37.1 Å². The summed E-state index contributed by atoms with van der Waals surface area (Å²) >= 11 is 13.4. The van der Waals surface area contributed by atoms with Gasteiger partial charge in [0.05, 0.1) is 32.7 Å². The van der Waals surface area contributed by atoms with Crippen molar-refractivity contribution in [3.63, 3.8) is 0 Å². The molecular formula is C35H34Cl2N2O9S. The molecule has 2 amide bonds. The molecule has 1 aliphatic rings. The van der Waals surface area contributed by atoms with E-state index in [1.165, 1.54) is 18.2 Å². The molecule has 14 heteroatoms. The van der Waals surface area contributed by atoms with Crippen molar-refractivity contribution >= 4 is 67.8 Å². The molecule has 0 fully saturated rings. The first-order valence-electron chi connectivity index (χ1n) is 15.4. The lowest BCUT2D eigenvalue weighted by Crippen LogP contribution is -2.44. The lowest BCUT2D eigenvalue weighted by Gasteiger charge is -2.30. The molecule has 0 saturated carbocycles. The van der Waals surface area contributed by atoms with E-state index in [0.717, 1.165) is 11.6 Å². The smallest absolute Gasteiger partial charge is 0.329 e. The van der Waals surface area contributed by atoms with Crippen LogP contribution in [-0.2, 0) is 48.3 Å². The number of sulfone groups is 1. The molecule has 0 bridgehead atoms. The number of esters is 2. The molecule has 1 N–H and O–H groups in total. The number of fused-ring (bicyclic) bond motifs is 2. The van der Waals surface area contributed by atoms with Crippen LogP contribution in [0.25, 0.3) is 11.0 Å². The Kier molecular flexibility index (Phi) is 11.0. The highest BCUT2D eigenvalue weighted by atomic mass is 35.5. The van der Waals surface area contributed by atoms with Crippen LogP contribution in [0.5, 0.6) is 0 Å². The molecule has 258 valence electrons. The van der Waals surface area contributed by atoms with Gasteiger partial charge in [0.15, 0.2) is 9.84 Å². The van der Waals surface area contributed by atoms with Gasteiger partial charge in [-0.15, -0.1) is 0 Å². The Labute approximate surface area is 293 Å². The molecule has 1 atom stereocenters. The Morgan fingerprint density at radius 2 is 1.71 bits per heavy atom. The van der Waals surface area contributed by atoms with Gasteiger partial charge >= 0.3 is 11.9 Å². The Balaban J connectivity index is 1.34. The second-order valence-electron chi connectivity index (χ2n) is 12.0. The quantitative estimate of drug-likeness (QED) is 0.158. The first kappa shape index (κ1) is 35.9. The number of nitrogens with one attached hydrogen (secondary N) is 1. The van der Waals surface area contributed by atoms with Gasteiger partial charge < -0.3 is 24.1 Å². The average molecular weight is 730 g/mol. The molecule has 0 unspecified atom stereocenters. The molecule has 1 aliphatic heterocycles. The highest BCUT2D eigenvalue weighted by Gasteiger charge is 2.31. The molecule has 49 heavy (non-hydrogen) atoms. The number of carbonyl (C=O) groups is 4. The third-order valence-electron chi connectivity index (χ3n) is 8.02. The number of hydrogen-bond acceptors (Lipinski definition) is 9. The summed E-state index contributed by atoms with van der Waals surface area (Å²) in [5.41, 5.74) is 2.78. The zero-order chi connectivity index (χ0) is 35.5. The van der Waals surface area contributed by atoms with Crippen molar-refractivity contribution < 1.29 is 41.5 Å². The molecule has 11 nitrogen and oxygen atoms in total. The lowest BCUT2D eigenvalue weighted by molar-refractivity contribution is -0.155. The van der Waals surface area contributed by atoms with Gasteiger partial charge in [0.2, 0.25) is 0 Å². The van der Waals surface area contributed by atoms with Crippen LogP contribution in [0.2, 0.25) is 10.0 Å². The monoisotopic (exact) mass is 728 g/mol. The van der Waals surface area contributed by atoms with Gasteiger partial charge in [-0.05, 0) is 59.5 Å². The number of ether oxygens (including phenoxy) is 2. The standard InChI is InChI=1S/C35H34Cl2N2O9S/c1-20(2)34(42)47-13-14-48-35(43)28(16-21-5-4-6-25(15-21)49(3,44)45)38-32(40)30-27(36)17-24-19-39(11-9-26(24)31(30)37)33(41)23-8-7-22-10-12-46-29(22)18-23/h4-8,10,12,15,17-18,20,28H,9,11,13-14,16,19H2,1-3H3,(H,38,40)/t28-/m0/s1. The van der Waals surface area contributed by atoms with Crippen molar-refractivity contribution in [2.75, 3.05) is 26.0 Å². The van der Waals surface area contributed by atoms with Crippen LogP contribution in [0, 0.1) is 5.92 Å². The molecule has 2 heterocycles. The summed E-state index contributed by atoms with van der Waals surface area (Å²) in [7, 11) is -3.55. The van der Waals surface area contributed by atoms with Crippen molar-refractivity contribution in [3.8, 4) is 0 Å². The summed E-state index contributed by atoms with van der Waals surface area (Å²) in [6.45, 7) is 3.42. The maximum Gasteiger partial charge on any atom is 0.329 e. The number of rotatable bonds is 11. The van der Waals surface area contributed by atoms with Crippen LogP contribution in [0.3, 0.4) is 0 Å². The number of halogens is 2. The fraction of sp³-hybridized carbons (Fsp3) is 0.314. The topological polar surface area (TPSA) is 149 Å². The summed E-state index contributed by atoms with van der Waals surface area (Å²) in [6, 6.07) is 13.3. The summed E-state index contributed by atoms with van der Waals surface area (Å²) in [4.78, 5) is 53.8. The van der Waals surface area contributed by atoms with Crippen molar-refractivity contribution in [1.29, 1.82) is 0 Å². The normalized spacial score (nSPS) is 13.6. The predicted octanol–water partition coefficient (Wildman–Crippen LogP) is 5.43. The van der Waals surface area contributed by atoms with Crippen LogP contribution >= 0.6 is 23.2 Å². The minimum absolute atomic E-state index is 0.0133. The van der Waals surface area contributed by atoms with Gasteiger partial charge in [-0.2, -0.15) is 0 Å². The third kappa shape index (κ3) is 8.44. The van der Waals surface area contributed by atoms with Gasteiger partial charge in [0, 0.05) is 36.7 Å². The number of amides is 2. The minimum Gasteiger partial charge on any atom is -0.464 e. The number of benzene rings is 3. The maximum atomic E-state index is 13.7. The summed E-state index contributed by atoms with van der Waals surface area (Å²) < 4.78 is 40.1. The van der Waals surface area contributed by atoms with Crippen molar-refractivity contribution in [2.45, 2.75) is 44.2 Å². The van der Waals surface area contributed by atoms with Crippen LogP contribution in [-0.4, -0.2) is 69.1 Å². The first-order valence-corrected chi connectivity index (χ1v) is 18.1. The summed E-state index contributed by atoms with van der Waals surface area (Å²) in [5, 5.41) is 3.63. The van der Waals surface area contributed by atoms with Gasteiger partial charge in [-0.1, -0.05) is 55.2 Å². The Morgan fingerprint density at radius 1 is 0.980 bits per heavy atom. The van der Waals surface area contributed by atoms with E-state index in [1.54, 1.807) is 49.3 Å². The second-order valence-corrected chi connectivity index (χ2v) is 14.8. The van der Waals surface area contributed by atoms with Gasteiger partial charge in [0.25, 0.3) is 11.8 Å². The van der Waals surface area contributed by atoms with Crippen molar-refractivity contribution in [3.05, 3.63) is 98.7 Å². The summed E-state index contributed by atoms with van der Waals surface area (Å²) in [5.74, 6) is -2.62. The summed E-state index contributed by atoms with van der Waals surface area (Å²) in [6.07, 6.45) is 2.84. The molecule has 0 saturated heterocycles. The molecule has 0 radical (unpaired) electrons. The molecule has 4 aromatic rings. The fourth-order valence-electron chi connectivity index (χ4n) is 5.42. The van der Waals surface area contributed by atoms with E-state index in [-0.39, 0.29) is 58.5 Å². The molecule has 0 spiro atoms. The Morgan fingerprint density at radius 3 is 2.43 bits per heavy atom. The average Bonchev–Trinajstić information content (AvgIpc) is 3.53. The van der Waals surface area contributed by atoms with Gasteiger partial charge in [-0.25, -0.2) is 13.2 Å². The molecule has 1 aromatic heterocycles. The van der Waals surface area contributed by atoms with Crippen molar-refractivity contribution in [2.24, 2.45) is 5.92 Å². The largest absolute Gasteiger partial charge is 0.464 e. The SMILES string of the molecule is CC(C)C(=O)OCCOC(=O)[C@H](Cc1cccc(S(C)(=O)=O)c1)NC(=O)c1c(Cl)cc2c(c1Cl)CCN(C(=O)c1ccc3ccoc3c1)C2. The van der Waals surface area contributed by atoms with E-state index in [9.17, 15) is 27.6 Å². The number of carbonyl (C=O) groups excluding carboxylic acids is 4. The number of nitrogens with zero attached hydrogens (tertiary/aromatic N) is 1. The van der Waals surface area contributed by atoms with E-state index in [1.807, 2.05) is 12.1 Å². The van der Waals surface area contributed by atoms with E-state index in [0.29, 0.717) is 40.8 Å². The highest BCUT2D eigenvalue weighted by molar-refractivity contribution is 7.90. The number of furan rings is 1. The fourth-order valence-corrected chi connectivity index (χ4v) is 6.87. The Bertz CT molecular complexity index is 2040. The van der Waals surface area contributed by atoms with E-state index < -0.39 is 33.7 Å². The van der Waals surface area contributed by atoms with Crippen molar-refractivity contribution in [1.82, 2.24) is 10.2 Å². The van der Waals surface area contributed by atoms with Crippen LogP contribution in [0.1, 0.15) is 51.3 Å². The van der Waals surface area contributed by atoms with Crippen LogP contribution < -0.4 is 5.32 Å². The van der Waals surface area contributed by atoms with Crippen LogP contribution in [0.4, 0.5) is 0 Å². The van der Waals surface area contributed by atoms with Gasteiger partial charge in [-0.3, -0.25) is 14.4 Å². The lowest BCUT2D eigenvalue weighted by atomic mass is 9.95. The van der Waals surface area contributed by atoms with E-state index in [2.05, 4.69) is 5.32 Å². The van der Waals surface area contributed by atoms with E-state index >= 15 is 0 Å². The van der Waals surface area contributed by atoms with Crippen LogP contribution in [0.15, 0.2) is 70.2 Å². The van der Waals surface area contributed by atoms with Gasteiger partial charge in [0.1, 0.15) is 24.8 Å². The highest BCUT2D eigenvalue weighted by Crippen LogP contribution is 2.35. The zero-order valence-electron chi connectivity index (χ0n) is 27.0. The predicted molar refractivity (Wildman–Crippen MR) is 182 cm³/mol. The molecule has 5 rings (SSSR count). The molecular weight excluding hydrogens is 695 g/mol. The maximum absolute atomic E-state index is 13.7.